The molecule has 48 heavy (non-hydrogen) atoms. The Hall–Kier alpha value is -4.73. The number of urea groups is 1. The zero-order chi connectivity index (χ0) is 33.9. The number of benzene rings is 2. The predicted octanol–water partition coefficient (Wildman–Crippen LogP) is 3.60. The maximum absolute atomic E-state index is 14.5. The lowest BCUT2D eigenvalue weighted by atomic mass is 9.94. The second-order valence-corrected chi connectivity index (χ2v) is 12.5. The number of aliphatic imine (C=N–C) groups is 1. The molecule has 15 heteroatoms. The zero-order valence-electron chi connectivity index (χ0n) is 26.3. The Morgan fingerprint density at radius 2 is 1.90 bits per heavy atom. The van der Waals surface area contributed by atoms with E-state index in [1.807, 2.05) is 29.2 Å². The van der Waals surface area contributed by atoms with E-state index in [-0.39, 0.29) is 48.8 Å². The molecule has 2 fully saturated rings. The second-order valence-electron chi connectivity index (χ2n) is 11.6. The summed E-state index contributed by atoms with van der Waals surface area (Å²) in [6, 6.07) is 9.07. The fourth-order valence-corrected chi connectivity index (χ4v) is 7.02. The third-order valence-corrected chi connectivity index (χ3v) is 9.57. The molecule has 252 valence electrons. The number of aryl methyl sites for hydroxylation is 1. The van der Waals surface area contributed by atoms with Crippen LogP contribution < -0.4 is 10.2 Å². The van der Waals surface area contributed by atoms with Crippen LogP contribution in [0.1, 0.15) is 28.6 Å². The van der Waals surface area contributed by atoms with Crippen molar-refractivity contribution in [1.29, 1.82) is 0 Å². The van der Waals surface area contributed by atoms with Gasteiger partial charge < -0.3 is 24.8 Å². The maximum atomic E-state index is 14.5. The molecule has 2 N–H and O–H groups in total. The average Bonchev–Trinajstić information content (AvgIpc) is 3.74. The van der Waals surface area contributed by atoms with Gasteiger partial charge in [-0.2, -0.15) is 0 Å². The molecule has 3 aliphatic heterocycles. The number of aromatic nitrogens is 1. The molecule has 3 aromatic rings. The first kappa shape index (κ1) is 33.2. The van der Waals surface area contributed by atoms with Crippen molar-refractivity contribution in [1.82, 2.24) is 20.1 Å². The average molecular weight is 681 g/mol. The highest BCUT2D eigenvalue weighted by Gasteiger charge is 2.47. The highest BCUT2D eigenvalue weighted by molar-refractivity contribution is 7.11. The van der Waals surface area contributed by atoms with Gasteiger partial charge in [0.1, 0.15) is 6.04 Å². The van der Waals surface area contributed by atoms with Gasteiger partial charge in [0.2, 0.25) is 0 Å². The number of carboxylic acids is 1. The van der Waals surface area contributed by atoms with Gasteiger partial charge in [0, 0.05) is 62.7 Å². The number of aliphatic carboxylic acids is 1. The van der Waals surface area contributed by atoms with Crippen molar-refractivity contribution in [3.63, 3.8) is 0 Å². The van der Waals surface area contributed by atoms with E-state index in [0.717, 1.165) is 17.7 Å². The number of thiazole rings is 1. The Kier molecular flexibility index (Phi) is 9.80. The topological polar surface area (TPSA) is 137 Å². The lowest BCUT2D eigenvalue weighted by Crippen LogP contribution is -2.61. The van der Waals surface area contributed by atoms with Crippen molar-refractivity contribution in [2.24, 2.45) is 4.99 Å². The van der Waals surface area contributed by atoms with E-state index < -0.39 is 29.6 Å². The molecule has 1 aromatic heterocycles. The number of ether oxygens (including phenoxy) is 2. The summed E-state index contributed by atoms with van der Waals surface area (Å²) in [5, 5.41) is 14.6. The van der Waals surface area contributed by atoms with Crippen LogP contribution in [-0.4, -0.2) is 103 Å². The number of hydrogen-bond acceptors (Lipinski definition) is 10. The molecule has 0 saturated carbocycles. The van der Waals surface area contributed by atoms with Gasteiger partial charge in [-0.3, -0.25) is 19.6 Å². The van der Waals surface area contributed by atoms with E-state index in [1.165, 1.54) is 24.5 Å². The fourth-order valence-electron chi connectivity index (χ4n) is 6.44. The monoisotopic (exact) mass is 680 g/mol. The summed E-state index contributed by atoms with van der Waals surface area (Å²) in [7, 11) is 2.84. The summed E-state index contributed by atoms with van der Waals surface area (Å²) < 4.78 is 39.2. The summed E-state index contributed by atoms with van der Waals surface area (Å²) in [5.74, 6) is -3.26. The molecular weight excluding hydrogens is 646 g/mol. The van der Waals surface area contributed by atoms with Crippen LogP contribution in [0.2, 0.25) is 0 Å². The number of anilines is 1. The Labute approximate surface area is 279 Å². The zero-order valence-corrected chi connectivity index (χ0v) is 27.1. The van der Waals surface area contributed by atoms with Crippen LogP contribution in [0.5, 0.6) is 0 Å². The normalized spacial score (nSPS) is 21.2. The summed E-state index contributed by atoms with van der Waals surface area (Å²) in [6.07, 6.45) is 2.04. The minimum Gasteiger partial charge on any atom is -0.481 e. The van der Waals surface area contributed by atoms with Gasteiger partial charge in [-0.15, -0.1) is 11.3 Å². The van der Waals surface area contributed by atoms with Crippen molar-refractivity contribution in [3.8, 4) is 0 Å². The summed E-state index contributed by atoms with van der Waals surface area (Å²) in [6.45, 7) is 1.75. The van der Waals surface area contributed by atoms with Crippen molar-refractivity contribution in [2.45, 2.75) is 31.0 Å². The molecule has 0 radical (unpaired) electrons. The molecule has 3 aliphatic rings. The smallest absolute Gasteiger partial charge is 0.338 e. The number of carboxylic acid groups (broad SMARTS) is 1. The number of hydrogen-bond donors (Lipinski definition) is 2. The lowest BCUT2D eigenvalue weighted by molar-refractivity contribution is -0.137. The third-order valence-electron chi connectivity index (χ3n) is 8.79. The summed E-state index contributed by atoms with van der Waals surface area (Å²) in [4.78, 5) is 52.8. The van der Waals surface area contributed by atoms with Gasteiger partial charge >= 0.3 is 18.0 Å². The SMILES string of the molecule is COC[C@@H]1[C@H]2CN(c3ccc(CCC(=O)O)cc3)C(=O)N2CCN1CC1=C(C(=O)OC)[C@H](c2ccc(F)c(F)c2)N=C(c2nccs2)N1. The number of esters is 1. The number of piperazine rings is 1. The van der Waals surface area contributed by atoms with E-state index in [4.69, 9.17) is 19.6 Å². The van der Waals surface area contributed by atoms with Crippen LogP contribution in [0.3, 0.4) is 0 Å². The number of nitrogens with zero attached hydrogens (tertiary/aromatic N) is 5. The molecule has 2 saturated heterocycles. The second kappa shape index (κ2) is 14.2. The first-order valence-corrected chi connectivity index (χ1v) is 16.2. The standard InChI is InChI=1S/C33H34F2N6O6S/c1-46-18-26-25-17-41(21-7-3-19(4-8-21)5-10-27(42)43)33(45)40(25)13-12-39(26)16-24-28(32(44)47-2)29(20-6-9-22(34)23(35)15-20)38-30(37-24)31-36-11-14-48-31/h3-4,6-9,11,14-15,25-26,29H,5,10,12-13,16-18H2,1-2H3,(H,37,38)(H,42,43)/t25-,26-,29+/m1/s1. The first-order chi connectivity index (χ1) is 23.2. The Morgan fingerprint density at radius 3 is 2.56 bits per heavy atom. The van der Waals surface area contributed by atoms with E-state index in [1.54, 1.807) is 23.6 Å². The molecule has 0 unspecified atom stereocenters. The fraction of sp³-hybridized carbons (Fsp3) is 0.364. The highest BCUT2D eigenvalue weighted by atomic mass is 32.1. The van der Waals surface area contributed by atoms with Gasteiger partial charge in [-0.1, -0.05) is 18.2 Å². The number of amidine groups is 1. The minimum atomic E-state index is -1.07. The Balaban J connectivity index is 1.31. The van der Waals surface area contributed by atoms with E-state index in [2.05, 4.69) is 15.2 Å². The van der Waals surface area contributed by atoms with Crippen LogP contribution in [0.15, 0.2) is 70.3 Å². The van der Waals surface area contributed by atoms with Crippen molar-refractivity contribution in [2.75, 3.05) is 51.9 Å². The lowest BCUT2D eigenvalue weighted by Gasteiger charge is -2.44. The van der Waals surface area contributed by atoms with E-state index in [0.29, 0.717) is 48.3 Å². The van der Waals surface area contributed by atoms with Crippen LogP contribution in [0.25, 0.3) is 0 Å². The summed E-state index contributed by atoms with van der Waals surface area (Å²) >= 11 is 1.33. The molecular formula is C33H34F2N6O6S. The van der Waals surface area contributed by atoms with Crippen LogP contribution in [0.4, 0.5) is 19.3 Å². The van der Waals surface area contributed by atoms with Crippen LogP contribution in [0, 0.1) is 11.6 Å². The van der Waals surface area contributed by atoms with Crippen molar-refractivity contribution in [3.05, 3.63) is 93.1 Å². The molecule has 3 atom stereocenters. The van der Waals surface area contributed by atoms with Gasteiger partial charge in [0.05, 0.1) is 31.4 Å². The van der Waals surface area contributed by atoms with Crippen molar-refractivity contribution >= 4 is 40.8 Å². The minimum absolute atomic E-state index is 0.0219. The Morgan fingerprint density at radius 1 is 1.10 bits per heavy atom. The van der Waals surface area contributed by atoms with Gasteiger partial charge in [0.15, 0.2) is 22.5 Å². The maximum Gasteiger partial charge on any atom is 0.338 e. The third kappa shape index (κ3) is 6.66. The summed E-state index contributed by atoms with van der Waals surface area (Å²) in [5.41, 5.74) is 2.45. The number of rotatable bonds is 11. The number of halogens is 2. The van der Waals surface area contributed by atoms with Gasteiger partial charge in [-0.05, 0) is 41.8 Å². The molecule has 0 bridgehead atoms. The predicted molar refractivity (Wildman–Crippen MR) is 173 cm³/mol. The molecule has 12 nitrogen and oxygen atoms in total. The molecule has 4 heterocycles. The number of amides is 2. The Bertz CT molecular complexity index is 1750. The number of carbonyl (C=O) groups is 3. The number of fused-ring (bicyclic) bond motifs is 1. The molecule has 0 aliphatic carbocycles. The first-order valence-electron chi connectivity index (χ1n) is 15.3. The quantitative estimate of drug-likeness (QED) is 0.291. The largest absolute Gasteiger partial charge is 0.481 e. The highest BCUT2D eigenvalue weighted by Crippen LogP contribution is 2.35. The van der Waals surface area contributed by atoms with Gasteiger partial charge in [-0.25, -0.2) is 23.4 Å². The van der Waals surface area contributed by atoms with E-state index in [9.17, 15) is 23.2 Å². The number of carbonyl (C=O) groups excluding carboxylic acids is 2. The molecule has 2 amide bonds. The van der Waals surface area contributed by atoms with E-state index >= 15 is 0 Å². The van der Waals surface area contributed by atoms with Crippen molar-refractivity contribution < 1.29 is 37.7 Å². The molecule has 2 aromatic carbocycles. The van der Waals surface area contributed by atoms with Gasteiger partial charge in [0.25, 0.3) is 0 Å². The van der Waals surface area contributed by atoms with Crippen LogP contribution in [-0.2, 0) is 25.5 Å². The number of methoxy groups -OCH3 is 2. The van der Waals surface area contributed by atoms with Crippen LogP contribution >= 0.6 is 11.3 Å². The molecule has 6 rings (SSSR count). The molecule has 0 spiro atoms. The number of nitrogens with one attached hydrogen (secondary N) is 1.